The van der Waals surface area contributed by atoms with E-state index in [1.807, 2.05) is 6.07 Å². The van der Waals surface area contributed by atoms with Crippen molar-refractivity contribution in [3.8, 4) is 0 Å². The van der Waals surface area contributed by atoms with Crippen LogP contribution in [0.5, 0.6) is 0 Å². The van der Waals surface area contributed by atoms with Gasteiger partial charge in [-0.3, -0.25) is 5.10 Å². The van der Waals surface area contributed by atoms with Crippen LogP contribution in [0.4, 0.5) is 15.9 Å². The molecule has 0 saturated carbocycles. The number of hydrogen-bond donors (Lipinski definition) is 2. The number of fused-ring (bicyclic) bond motifs is 1. The molecule has 0 radical (unpaired) electrons. The normalized spacial score (nSPS) is 10.8. The predicted molar refractivity (Wildman–Crippen MR) is 66.4 cm³/mol. The number of rotatable bonds is 2. The van der Waals surface area contributed by atoms with Crippen LogP contribution >= 0.6 is 11.6 Å². The number of anilines is 2. The van der Waals surface area contributed by atoms with E-state index in [1.54, 1.807) is 18.3 Å². The Hall–Kier alpha value is -2.21. The Morgan fingerprint density at radius 2 is 2.17 bits per heavy atom. The zero-order valence-corrected chi connectivity index (χ0v) is 9.74. The summed E-state index contributed by atoms with van der Waals surface area (Å²) in [4.78, 5) is 7.32. The monoisotopic (exact) mass is 263 g/mol. The molecular formula is C11H7ClFN5. The van der Waals surface area contributed by atoms with Crippen molar-refractivity contribution in [1.29, 1.82) is 0 Å². The van der Waals surface area contributed by atoms with Crippen LogP contribution in [-0.4, -0.2) is 20.2 Å². The molecule has 0 unspecified atom stereocenters. The molecule has 0 fully saturated rings. The van der Waals surface area contributed by atoms with E-state index in [9.17, 15) is 4.39 Å². The van der Waals surface area contributed by atoms with Gasteiger partial charge in [0.1, 0.15) is 0 Å². The third-order valence-corrected chi connectivity index (χ3v) is 2.60. The van der Waals surface area contributed by atoms with Crippen molar-refractivity contribution in [1.82, 2.24) is 20.2 Å². The maximum Gasteiger partial charge on any atom is 0.224 e. The highest BCUT2D eigenvalue weighted by Crippen LogP contribution is 2.21. The predicted octanol–water partition coefficient (Wildman–Crippen LogP) is 2.89. The van der Waals surface area contributed by atoms with Gasteiger partial charge in [0.2, 0.25) is 5.28 Å². The maximum absolute atomic E-state index is 13.4. The molecule has 18 heavy (non-hydrogen) atoms. The highest BCUT2D eigenvalue weighted by Gasteiger charge is 2.06. The molecule has 3 aromatic rings. The standard InChI is InChI=1S/C11H7ClFN5/c12-11-14-5-8(13)10(17-11)16-7-2-1-6-4-15-18-9(6)3-7/h1-5H,(H,15,18)(H,14,16,17). The van der Waals surface area contributed by atoms with Gasteiger partial charge in [-0.05, 0) is 29.8 Å². The van der Waals surface area contributed by atoms with Gasteiger partial charge in [-0.15, -0.1) is 0 Å². The zero-order valence-electron chi connectivity index (χ0n) is 8.98. The highest BCUT2D eigenvalue weighted by atomic mass is 35.5. The second-order valence-electron chi connectivity index (χ2n) is 3.63. The molecule has 1 aromatic carbocycles. The lowest BCUT2D eigenvalue weighted by Gasteiger charge is -2.06. The fourth-order valence-electron chi connectivity index (χ4n) is 1.58. The van der Waals surface area contributed by atoms with Gasteiger partial charge in [0.25, 0.3) is 0 Å². The second kappa shape index (κ2) is 4.23. The Kier molecular flexibility index (Phi) is 2.56. The van der Waals surface area contributed by atoms with Crippen LogP contribution in [0.15, 0.2) is 30.6 Å². The summed E-state index contributed by atoms with van der Waals surface area (Å²) in [5, 5.41) is 10.5. The van der Waals surface area contributed by atoms with Crippen LogP contribution < -0.4 is 5.32 Å². The van der Waals surface area contributed by atoms with Crippen molar-refractivity contribution < 1.29 is 4.39 Å². The van der Waals surface area contributed by atoms with Crippen molar-refractivity contribution >= 4 is 34.0 Å². The van der Waals surface area contributed by atoms with Crippen LogP contribution in [0.1, 0.15) is 0 Å². The fourth-order valence-corrected chi connectivity index (χ4v) is 1.72. The molecule has 0 atom stereocenters. The minimum atomic E-state index is -0.566. The number of H-pyrrole nitrogens is 1. The van der Waals surface area contributed by atoms with Gasteiger partial charge in [0.15, 0.2) is 11.6 Å². The van der Waals surface area contributed by atoms with Crippen molar-refractivity contribution in [2.75, 3.05) is 5.32 Å². The first kappa shape index (κ1) is 10.9. The third-order valence-electron chi connectivity index (χ3n) is 2.42. The summed E-state index contributed by atoms with van der Waals surface area (Å²) < 4.78 is 13.4. The lowest BCUT2D eigenvalue weighted by atomic mass is 10.2. The van der Waals surface area contributed by atoms with Gasteiger partial charge < -0.3 is 5.32 Å². The molecule has 3 rings (SSSR count). The fraction of sp³-hybridized carbons (Fsp3) is 0. The molecule has 7 heteroatoms. The number of nitrogens with one attached hydrogen (secondary N) is 2. The Labute approximate surface area is 106 Å². The number of halogens is 2. The summed E-state index contributed by atoms with van der Waals surface area (Å²) in [5.41, 5.74) is 1.53. The van der Waals surface area contributed by atoms with Gasteiger partial charge >= 0.3 is 0 Å². The quantitative estimate of drug-likeness (QED) is 0.698. The molecule has 0 aliphatic rings. The largest absolute Gasteiger partial charge is 0.338 e. The number of benzene rings is 1. The summed E-state index contributed by atoms with van der Waals surface area (Å²) >= 11 is 5.62. The average Bonchev–Trinajstić information content (AvgIpc) is 2.81. The third kappa shape index (κ3) is 1.98. The first-order valence-corrected chi connectivity index (χ1v) is 5.48. The molecule has 0 spiro atoms. The highest BCUT2D eigenvalue weighted by molar-refractivity contribution is 6.28. The molecule has 0 amide bonds. The molecule has 2 heterocycles. The minimum absolute atomic E-state index is 0.0125. The van der Waals surface area contributed by atoms with Crippen LogP contribution in [0.25, 0.3) is 10.9 Å². The molecule has 2 N–H and O–H groups in total. The van der Waals surface area contributed by atoms with Gasteiger partial charge in [-0.2, -0.15) is 10.1 Å². The van der Waals surface area contributed by atoms with Gasteiger partial charge in [-0.1, -0.05) is 0 Å². The summed E-state index contributed by atoms with van der Waals surface area (Å²) in [6.45, 7) is 0. The Balaban J connectivity index is 1.97. The van der Waals surface area contributed by atoms with Crippen molar-refractivity contribution in [3.63, 3.8) is 0 Å². The average molecular weight is 264 g/mol. The van der Waals surface area contributed by atoms with Gasteiger partial charge in [-0.25, -0.2) is 9.37 Å². The molecule has 0 saturated heterocycles. The minimum Gasteiger partial charge on any atom is -0.338 e. The molecule has 90 valence electrons. The summed E-state index contributed by atoms with van der Waals surface area (Å²) in [6.07, 6.45) is 2.73. The molecule has 5 nitrogen and oxygen atoms in total. The van der Waals surface area contributed by atoms with Crippen LogP contribution in [-0.2, 0) is 0 Å². The van der Waals surface area contributed by atoms with E-state index in [0.717, 1.165) is 17.1 Å². The Morgan fingerprint density at radius 1 is 1.28 bits per heavy atom. The van der Waals surface area contributed by atoms with E-state index in [0.29, 0.717) is 5.69 Å². The molecule has 2 aromatic heterocycles. The van der Waals surface area contributed by atoms with E-state index in [-0.39, 0.29) is 11.1 Å². The first-order valence-electron chi connectivity index (χ1n) is 5.10. The number of aromatic nitrogens is 4. The Morgan fingerprint density at radius 3 is 3.06 bits per heavy atom. The van der Waals surface area contributed by atoms with E-state index < -0.39 is 5.82 Å². The first-order chi connectivity index (χ1) is 8.72. The van der Waals surface area contributed by atoms with Crippen molar-refractivity contribution in [2.45, 2.75) is 0 Å². The topological polar surface area (TPSA) is 66.5 Å². The van der Waals surface area contributed by atoms with Crippen LogP contribution in [0.2, 0.25) is 5.28 Å². The lowest BCUT2D eigenvalue weighted by molar-refractivity contribution is 0.619. The van der Waals surface area contributed by atoms with E-state index >= 15 is 0 Å². The van der Waals surface area contributed by atoms with Crippen molar-refractivity contribution in [2.24, 2.45) is 0 Å². The van der Waals surface area contributed by atoms with E-state index in [2.05, 4.69) is 25.5 Å². The smallest absolute Gasteiger partial charge is 0.224 e. The Bertz CT molecular complexity index is 711. The molecule has 0 bridgehead atoms. The number of hydrogen-bond acceptors (Lipinski definition) is 4. The SMILES string of the molecule is Fc1cnc(Cl)nc1Nc1ccc2cn[nH]c2c1. The van der Waals surface area contributed by atoms with E-state index in [4.69, 9.17) is 11.6 Å². The van der Waals surface area contributed by atoms with Crippen LogP contribution in [0, 0.1) is 5.82 Å². The van der Waals surface area contributed by atoms with Gasteiger partial charge in [0, 0.05) is 11.1 Å². The molecule has 0 aliphatic carbocycles. The maximum atomic E-state index is 13.4. The summed E-state index contributed by atoms with van der Waals surface area (Å²) in [7, 11) is 0. The van der Waals surface area contributed by atoms with Crippen LogP contribution in [0.3, 0.4) is 0 Å². The number of aromatic amines is 1. The van der Waals surface area contributed by atoms with E-state index in [1.165, 1.54) is 0 Å². The zero-order chi connectivity index (χ0) is 12.5. The second-order valence-corrected chi connectivity index (χ2v) is 3.97. The summed E-state index contributed by atoms with van der Waals surface area (Å²) in [6, 6.07) is 5.47. The summed E-state index contributed by atoms with van der Waals surface area (Å²) in [5.74, 6) is -0.530. The molecular weight excluding hydrogens is 257 g/mol. The van der Waals surface area contributed by atoms with Gasteiger partial charge in [0.05, 0.1) is 17.9 Å². The van der Waals surface area contributed by atoms with Crippen molar-refractivity contribution in [3.05, 3.63) is 41.7 Å². The molecule has 0 aliphatic heterocycles. The lowest BCUT2D eigenvalue weighted by Crippen LogP contribution is -1.98. The number of nitrogens with zero attached hydrogens (tertiary/aromatic N) is 3.